The Labute approximate surface area is 258 Å². The molecule has 0 aliphatic carbocycles. The van der Waals surface area contributed by atoms with E-state index in [1.165, 1.54) is 0 Å². The molecule has 1 aliphatic rings. The summed E-state index contributed by atoms with van der Waals surface area (Å²) >= 11 is 0. The number of carbonyl (C=O) groups is 1. The lowest BCUT2D eigenvalue weighted by molar-refractivity contribution is 0.0842. The highest BCUT2D eigenvalue weighted by Crippen LogP contribution is 2.39. The molecule has 2 amide bonds. The minimum absolute atomic E-state index is 0.00692. The lowest BCUT2D eigenvalue weighted by Crippen LogP contribution is -2.53. The van der Waals surface area contributed by atoms with E-state index < -0.39 is 32.9 Å². The largest absolute Gasteiger partial charge is 0.330 e. The Morgan fingerprint density at radius 1 is 1.07 bits per heavy atom. The molecule has 2 aromatic carbocycles. The van der Waals surface area contributed by atoms with Crippen LogP contribution in [0.5, 0.6) is 0 Å². The zero-order valence-corrected chi connectivity index (χ0v) is 26.7. The van der Waals surface area contributed by atoms with Gasteiger partial charge in [-0.3, -0.25) is 4.39 Å². The number of sulfone groups is 1. The highest BCUT2D eigenvalue weighted by atomic mass is 32.2. The summed E-state index contributed by atoms with van der Waals surface area (Å²) in [5, 5.41) is 4.61. The SMILES string of the molecule is C=C.CC(C)(C)[C@H](c1nc(-c2cc(F)ccc2F)nn1Cc1ccccc1)N(CCCN)C(=O)N1CCS(=O)(=O)CC1.CF. The molecule has 1 fully saturated rings. The lowest BCUT2D eigenvalue weighted by Gasteiger charge is -2.42. The van der Waals surface area contributed by atoms with Crippen molar-refractivity contribution in [3.8, 4) is 11.4 Å². The van der Waals surface area contributed by atoms with Crippen LogP contribution >= 0.6 is 0 Å². The van der Waals surface area contributed by atoms with Crippen LogP contribution in [0.1, 0.15) is 44.6 Å². The van der Waals surface area contributed by atoms with E-state index in [0.29, 0.717) is 32.5 Å². The molecule has 1 aliphatic heterocycles. The summed E-state index contributed by atoms with van der Waals surface area (Å²) in [5.41, 5.74) is 6.09. The predicted octanol–water partition coefficient (Wildman–Crippen LogP) is 5.25. The number of nitrogens with two attached hydrogens (primary N) is 1. The number of benzene rings is 2. The first-order valence-electron chi connectivity index (χ1n) is 14.2. The number of rotatable bonds is 8. The Morgan fingerprint density at radius 2 is 1.68 bits per heavy atom. The van der Waals surface area contributed by atoms with E-state index in [1.54, 1.807) is 14.5 Å². The smallest absolute Gasteiger partial charge is 0.320 e. The maximum atomic E-state index is 14.8. The summed E-state index contributed by atoms with van der Waals surface area (Å²) in [4.78, 5) is 21.9. The molecule has 0 radical (unpaired) electrons. The molecule has 1 atom stereocenters. The minimum Gasteiger partial charge on any atom is -0.330 e. The average molecular weight is 637 g/mol. The fraction of sp³-hybridized carbons (Fsp3) is 0.452. The van der Waals surface area contributed by atoms with Gasteiger partial charge in [-0.15, -0.1) is 13.2 Å². The topological polar surface area (TPSA) is 114 Å². The van der Waals surface area contributed by atoms with Gasteiger partial charge in [0.05, 0.1) is 36.8 Å². The van der Waals surface area contributed by atoms with Gasteiger partial charge in [0.2, 0.25) is 0 Å². The standard InChI is InChI=1S/C28H36F2N6O3S.C2H4.CH3F/c1-28(2,3)24(35(13-7-12-31)27(37)34-14-16-40(38,39)17-15-34)26-32-25(22-18-21(29)10-11-23(22)30)33-36(26)19-20-8-5-4-6-9-20;2*1-2/h4-6,8-11,18,24H,7,12-17,19,31H2,1-3H3;1-2H2;1H3/t24-;;/m0../s1. The molecule has 0 unspecified atom stereocenters. The van der Waals surface area contributed by atoms with Crippen molar-refractivity contribution in [3.05, 3.63) is 84.7 Å². The van der Waals surface area contributed by atoms with E-state index in [0.717, 1.165) is 23.8 Å². The van der Waals surface area contributed by atoms with Crippen LogP contribution in [0.3, 0.4) is 0 Å². The molecular weight excluding hydrogens is 593 g/mol. The zero-order chi connectivity index (χ0) is 33.1. The van der Waals surface area contributed by atoms with Crippen molar-refractivity contribution in [1.29, 1.82) is 0 Å². The van der Waals surface area contributed by atoms with E-state index in [-0.39, 0.29) is 48.6 Å². The summed E-state index contributed by atoms with van der Waals surface area (Å²) in [5.74, 6) is -1.07. The van der Waals surface area contributed by atoms with Crippen molar-refractivity contribution < 1.29 is 26.4 Å². The van der Waals surface area contributed by atoms with Crippen molar-refractivity contribution in [2.45, 2.75) is 39.8 Å². The molecule has 9 nitrogen and oxygen atoms in total. The molecule has 2 N–H and O–H groups in total. The number of aromatic nitrogens is 3. The first-order chi connectivity index (χ1) is 20.9. The van der Waals surface area contributed by atoms with Crippen LogP contribution in [0.15, 0.2) is 61.7 Å². The Hall–Kier alpha value is -3.71. The van der Waals surface area contributed by atoms with Crippen molar-refractivity contribution >= 4 is 15.9 Å². The van der Waals surface area contributed by atoms with E-state index in [2.05, 4.69) is 18.3 Å². The van der Waals surface area contributed by atoms with Gasteiger partial charge in [-0.2, -0.15) is 5.10 Å². The molecule has 0 bridgehead atoms. The van der Waals surface area contributed by atoms with Gasteiger partial charge in [-0.1, -0.05) is 51.1 Å². The molecule has 4 rings (SSSR count). The van der Waals surface area contributed by atoms with Crippen LogP contribution in [0, 0.1) is 17.0 Å². The highest BCUT2D eigenvalue weighted by molar-refractivity contribution is 7.91. The second kappa shape index (κ2) is 16.4. The van der Waals surface area contributed by atoms with E-state index in [1.807, 2.05) is 51.1 Å². The van der Waals surface area contributed by atoms with Crippen molar-refractivity contribution in [2.75, 3.05) is 44.9 Å². The second-order valence-electron chi connectivity index (χ2n) is 11.1. The number of halogens is 3. The van der Waals surface area contributed by atoms with Crippen LogP contribution in [0.25, 0.3) is 11.4 Å². The normalized spacial score (nSPS) is 14.9. The average Bonchev–Trinajstić information content (AvgIpc) is 3.40. The van der Waals surface area contributed by atoms with Gasteiger partial charge < -0.3 is 15.5 Å². The summed E-state index contributed by atoms with van der Waals surface area (Å²) in [6, 6.07) is 11.7. The molecular formula is C31H43F3N6O3S. The number of nitrogens with zero attached hydrogens (tertiary/aromatic N) is 5. The van der Waals surface area contributed by atoms with Gasteiger partial charge in [-0.05, 0) is 42.1 Å². The molecule has 3 aromatic rings. The maximum Gasteiger partial charge on any atom is 0.320 e. The fourth-order valence-electron chi connectivity index (χ4n) is 4.89. The highest BCUT2D eigenvalue weighted by Gasteiger charge is 2.41. The number of carbonyl (C=O) groups excluding carboxylic acids is 1. The fourth-order valence-corrected chi connectivity index (χ4v) is 6.09. The first kappa shape index (κ1) is 36.5. The number of hydrogen-bond donors (Lipinski definition) is 1. The van der Waals surface area contributed by atoms with Crippen molar-refractivity contribution in [1.82, 2.24) is 24.6 Å². The summed E-state index contributed by atoms with van der Waals surface area (Å²) in [6.07, 6.45) is 0.503. The van der Waals surface area contributed by atoms with Crippen molar-refractivity contribution in [3.63, 3.8) is 0 Å². The number of alkyl halides is 1. The maximum absolute atomic E-state index is 14.8. The number of amides is 2. The zero-order valence-electron chi connectivity index (χ0n) is 25.8. The monoisotopic (exact) mass is 636 g/mol. The summed E-state index contributed by atoms with van der Waals surface area (Å²) in [7, 11) is -2.69. The van der Waals surface area contributed by atoms with E-state index in [9.17, 15) is 26.4 Å². The minimum atomic E-state index is -3.19. The van der Waals surface area contributed by atoms with Crippen LogP contribution in [-0.2, 0) is 16.4 Å². The predicted molar refractivity (Wildman–Crippen MR) is 167 cm³/mol. The van der Waals surface area contributed by atoms with Gasteiger partial charge >= 0.3 is 6.03 Å². The van der Waals surface area contributed by atoms with Gasteiger partial charge in [0.25, 0.3) is 0 Å². The molecule has 1 aromatic heterocycles. The summed E-state index contributed by atoms with van der Waals surface area (Å²) < 4.78 is 64.2. The Morgan fingerprint density at radius 3 is 2.25 bits per heavy atom. The van der Waals surface area contributed by atoms with E-state index >= 15 is 0 Å². The van der Waals surface area contributed by atoms with Gasteiger partial charge in [0.15, 0.2) is 21.5 Å². The van der Waals surface area contributed by atoms with Crippen molar-refractivity contribution in [2.24, 2.45) is 11.1 Å². The third-order valence-electron chi connectivity index (χ3n) is 6.89. The molecule has 0 saturated carbocycles. The van der Waals surface area contributed by atoms with Crippen LogP contribution in [0.2, 0.25) is 0 Å². The molecule has 44 heavy (non-hydrogen) atoms. The molecule has 1 saturated heterocycles. The first-order valence-corrected chi connectivity index (χ1v) is 16.0. The van der Waals surface area contributed by atoms with Gasteiger partial charge in [0.1, 0.15) is 11.6 Å². The molecule has 2 heterocycles. The van der Waals surface area contributed by atoms with Crippen LogP contribution < -0.4 is 5.73 Å². The van der Waals surface area contributed by atoms with Gasteiger partial charge in [0, 0.05) is 19.6 Å². The third kappa shape index (κ3) is 9.39. The number of urea groups is 1. The lowest BCUT2D eigenvalue weighted by atomic mass is 9.84. The Bertz CT molecular complexity index is 1450. The van der Waals surface area contributed by atoms with E-state index in [4.69, 9.17) is 10.7 Å². The quantitative estimate of drug-likeness (QED) is 0.338. The molecule has 242 valence electrons. The third-order valence-corrected chi connectivity index (χ3v) is 8.49. The number of hydrogen-bond acceptors (Lipinski definition) is 6. The van der Waals surface area contributed by atoms with Gasteiger partial charge in [-0.25, -0.2) is 31.7 Å². The van der Waals surface area contributed by atoms with Crippen LogP contribution in [-0.4, -0.2) is 83.9 Å². The summed E-state index contributed by atoms with van der Waals surface area (Å²) in [6.45, 7) is 13.0. The molecule has 13 heteroatoms. The Balaban J connectivity index is 0.00000162. The second-order valence-corrected chi connectivity index (χ2v) is 13.4. The Kier molecular flexibility index (Phi) is 13.6. The van der Waals surface area contributed by atoms with Crippen LogP contribution in [0.4, 0.5) is 18.0 Å². The molecule has 0 spiro atoms.